The number of hydrogen-bond donors (Lipinski definition) is 0. The van der Waals surface area contributed by atoms with E-state index in [-0.39, 0.29) is 18.3 Å². The number of pyridine rings is 1. The van der Waals surface area contributed by atoms with Gasteiger partial charge in [-0.25, -0.2) is 4.98 Å². The van der Waals surface area contributed by atoms with Crippen molar-refractivity contribution in [3.8, 4) is 5.88 Å². The molecule has 1 aliphatic heterocycles. The summed E-state index contributed by atoms with van der Waals surface area (Å²) in [6, 6.07) is 8.07. The van der Waals surface area contributed by atoms with Gasteiger partial charge in [-0.3, -0.25) is 0 Å². The van der Waals surface area contributed by atoms with E-state index in [2.05, 4.69) is 32.7 Å². The number of fused-ring (bicyclic) bond motifs is 1. The van der Waals surface area contributed by atoms with Gasteiger partial charge < -0.3 is 14.0 Å². The van der Waals surface area contributed by atoms with Gasteiger partial charge in [0.05, 0.1) is 18.3 Å². The van der Waals surface area contributed by atoms with Crippen molar-refractivity contribution in [1.29, 1.82) is 0 Å². The number of nitrogens with zero attached hydrogens (tertiary/aromatic N) is 1. The van der Waals surface area contributed by atoms with Gasteiger partial charge in [-0.1, -0.05) is 12.1 Å². The third kappa shape index (κ3) is 2.30. The molecule has 0 radical (unpaired) electrons. The topological polar surface area (TPSA) is 40.6 Å². The Balaban J connectivity index is 2.03. The predicted molar refractivity (Wildman–Crippen MR) is 84.0 cm³/mol. The van der Waals surface area contributed by atoms with Crippen molar-refractivity contribution >= 4 is 23.4 Å². The van der Waals surface area contributed by atoms with Crippen LogP contribution in [0.15, 0.2) is 30.5 Å². The minimum Gasteiger partial charge on any atom is -0.481 e. The summed E-state index contributed by atoms with van der Waals surface area (Å²) in [6.07, 6.45) is 1.75. The molecule has 110 valence electrons. The highest BCUT2D eigenvalue weighted by Gasteiger charge is 2.51. The van der Waals surface area contributed by atoms with Crippen molar-refractivity contribution in [2.75, 3.05) is 7.11 Å². The molecule has 0 spiro atoms. The van der Waals surface area contributed by atoms with E-state index in [9.17, 15) is 0 Å². The fraction of sp³-hybridized carbons (Fsp3) is 0.438. The van der Waals surface area contributed by atoms with Crippen molar-refractivity contribution < 1.29 is 14.0 Å². The standard InChI is InChI=1S/C16H20BNO3/c1-15(2)16(3,4)21-17(20-15)12-7-6-11-8-9-18-14(19-5)13(11)10-12/h6-10H,1-5H3. The zero-order chi connectivity index (χ0) is 15.3. The average molecular weight is 285 g/mol. The molecule has 0 atom stereocenters. The first kappa shape index (κ1) is 14.4. The van der Waals surface area contributed by atoms with E-state index in [1.807, 2.05) is 24.3 Å². The molecule has 1 aromatic heterocycles. The first-order valence-electron chi connectivity index (χ1n) is 7.12. The average Bonchev–Trinajstić information content (AvgIpc) is 2.66. The second-order valence-corrected chi connectivity index (χ2v) is 6.39. The molecular weight excluding hydrogens is 265 g/mol. The molecule has 1 aliphatic rings. The van der Waals surface area contributed by atoms with E-state index in [0.717, 1.165) is 16.2 Å². The van der Waals surface area contributed by atoms with Crippen LogP contribution in [-0.2, 0) is 9.31 Å². The molecule has 0 aliphatic carbocycles. The molecule has 0 bridgehead atoms. The van der Waals surface area contributed by atoms with Crippen molar-refractivity contribution in [1.82, 2.24) is 4.98 Å². The number of ether oxygens (including phenoxy) is 1. The van der Waals surface area contributed by atoms with Crippen LogP contribution in [0.5, 0.6) is 5.88 Å². The summed E-state index contributed by atoms with van der Waals surface area (Å²) in [7, 11) is 1.26. The summed E-state index contributed by atoms with van der Waals surface area (Å²) < 4.78 is 17.5. The van der Waals surface area contributed by atoms with E-state index in [1.165, 1.54) is 0 Å². The molecule has 21 heavy (non-hydrogen) atoms. The Morgan fingerprint density at radius 2 is 1.71 bits per heavy atom. The van der Waals surface area contributed by atoms with E-state index in [1.54, 1.807) is 13.3 Å². The number of benzene rings is 1. The van der Waals surface area contributed by atoms with Crippen LogP contribution < -0.4 is 10.2 Å². The molecule has 1 saturated heterocycles. The molecule has 3 rings (SSSR count). The maximum absolute atomic E-state index is 6.09. The number of hydrogen-bond acceptors (Lipinski definition) is 4. The third-order valence-electron chi connectivity index (χ3n) is 4.47. The van der Waals surface area contributed by atoms with Gasteiger partial charge in [-0.05, 0) is 50.7 Å². The highest BCUT2D eigenvalue weighted by molar-refractivity contribution is 6.62. The molecule has 0 saturated carbocycles. The second kappa shape index (κ2) is 4.72. The number of aromatic nitrogens is 1. The van der Waals surface area contributed by atoms with Gasteiger partial charge in [0, 0.05) is 11.6 Å². The Kier molecular flexibility index (Phi) is 3.22. The van der Waals surface area contributed by atoms with Gasteiger partial charge in [-0.15, -0.1) is 0 Å². The van der Waals surface area contributed by atoms with E-state index in [4.69, 9.17) is 14.0 Å². The fourth-order valence-corrected chi connectivity index (χ4v) is 2.45. The predicted octanol–water partition coefficient (Wildman–Crippen LogP) is 2.54. The van der Waals surface area contributed by atoms with Crippen LogP contribution in [-0.4, -0.2) is 30.4 Å². The van der Waals surface area contributed by atoms with Crippen molar-refractivity contribution in [3.63, 3.8) is 0 Å². The first-order chi connectivity index (χ1) is 9.84. The van der Waals surface area contributed by atoms with Gasteiger partial charge >= 0.3 is 7.12 Å². The van der Waals surface area contributed by atoms with Gasteiger partial charge in [0.2, 0.25) is 5.88 Å². The molecule has 2 heterocycles. The van der Waals surface area contributed by atoms with E-state index in [0.29, 0.717) is 5.88 Å². The lowest BCUT2D eigenvalue weighted by Gasteiger charge is -2.32. The third-order valence-corrected chi connectivity index (χ3v) is 4.47. The Bertz CT molecular complexity index is 668. The van der Waals surface area contributed by atoms with Gasteiger partial charge in [-0.2, -0.15) is 0 Å². The minimum atomic E-state index is -0.371. The lowest BCUT2D eigenvalue weighted by Crippen LogP contribution is -2.41. The molecule has 4 nitrogen and oxygen atoms in total. The summed E-state index contributed by atoms with van der Waals surface area (Å²) in [5.41, 5.74) is 0.296. The van der Waals surface area contributed by atoms with Gasteiger partial charge in [0.25, 0.3) is 0 Å². The van der Waals surface area contributed by atoms with Crippen LogP contribution in [0.1, 0.15) is 27.7 Å². The van der Waals surface area contributed by atoms with Crippen molar-refractivity contribution in [2.45, 2.75) is 38.9 Å². The maximum atomic E-state index is 6.09. The molecule has 0 amide bonds. The summed E-state index contributed by atoms with van der Waals surface area (Å²) >= 11 is 0. The molecule has 5 heteroatoms. The van der Waals surface area contributed by atoms with Crippen LogP contribution in [0.3, 0.4) is 0 Å². The molecule has 1 aromatic carbocycles. The van der Waals surface area contributed by atoms with Crippen molar-refractivity contribution in [3.05, 3.63) is 30.5 Å². The summed E-state index contributed by atoms with van der Waals surface area (Å²) in [6.45, 7) is 8.21. The largest absolute Gasteiger partial charge is 0.494 e. The summed E-state index contributed by atoms with van der Waals surface area (Å²) in [4.78, 5) is 4.25. The fourth-order valence-electron chi connectivity index (χ4n) is 2.45. The van der Waals surface area contributed by atoms with Gasteiger partial charge in [0.15, 0.2) is 0 Å². The lowest BCUT2D eigenvalue weighted by molar-refractivity contribution is 0.00578. The number of methoxy groups -OCH3 is 1. The monoisotopic (exact) mass is 285 g/mol. The normalized spacial score (nSPS) is 20.0. The van der Waals surface area contributed by atoms with E-state index >= 15 is 0 Å². The summed E-state index contributed by atoms with van der Waals surface area (Å²) in [5.74, 6) is 0.617. The zero-order valence-electron chi connectivity index (χ0n) is 13.1. The van der Waals surface area contributed by atoms with Crippen LogP contribution >= 0.6 is 0 Å². The van der Waals surface area contributed by atoms with Crippen molar-refractivity contribution in [2.24, 2.45) is 0 Å². The molecular formula is C16H20BNO3. The van der Waals surface area contributed by atoms with Crippen LogP contribution in [0.4, 0.5) is 0 Å². The Morgan fingerprint density at radius 3 is 2.33 bits per heavy atom. The highest BCUT2D eigenvalue weighted by Crippen LogP contribution is 2.36. The molecule has 1 fully saturated rings. The molecule has 0 N–H and O–H groups in total. The molecule has 0 unspecified atom stereocenters. The Morgan fingerprint density at radius 1 is 1.05 bits per heavy atom. The van der Waals surface area contributed by atoms with Crippen LogP contribution in [0.25, 0.3) is 10.8 Å². The molecule has 2 aromatic rings. The smallest absolute Gasteiger partial charge is 0.481 e. The highest BCUT2D eigenvalue weighted by atomic mass is 16.7. The summed E-state index contributed by atoms with van der Waals surface area (Å²) in [5, 5.41) is 2.05. The van der Waals surface area contributed by atoms with Gasteiger partial charge in [0.1, 0.15) is 0 Å². The van der Waals surface area contributed by atoms with Crippen LogP contribution in [0, 0.1) is 0 Å². The zero-order valence-corrected chi connectivity index (χ0v) is 13.1. The van der Waals surface area contributed by atoms with E-state index < -0.39 is 0 Å². The second-order valence-electron chi connectivity index (χ2n) is 6.39. The SMILES string of the molecule is COc1nccc2ccc(B3OC(C)(C)C(C)(C)O3)cc12. The Hall–Kier alpha value is -1.59. The van der Waals surface area contributed by atoms with Crippen LogP contribution in [0.2, 0.25) is 0 Å². The first-order valence-corrected chi connectivity index (χ1v) is 7.12. The lowest BCUT2D eigenvalue weighted by atomic mass is 9.78. The Labute approximate surface area is 125 Å². The number of rotatable bonds is 2. The maximum Gasteiger partial charge on any atom is 0.494 e. The quantitative estimate of drug-likeness (QED) is 0.795. The minimum absolute atomic E-state index is 0.342.